The fourth-order valence-corrected chi connectivity index (χ4v) is 10.8. The molecule has 270 valence electrons. The molecule has 0 unspecified atom stereocenters. The number of rotatable bonds is 18. The number of amides is 1. The van der Waals surface area contributed by atoms with Crippen LogP contribution in [0.5, 0.6) is 0 Å². The highest BCUT2D eigenvalue weighted by Crippen LogP contribution is 2.67. The van der Waals surface area contributed by atoms with E-state index in [1.807, 2.05) is 0 Å². The molecule has 0 heterocycles. The molecule has 7 heteroatoms. The number of nitrogens with one attached hydrogen (secondary N) is 1. The lowest BCUT2D eigenvalue weighted by molar-refractivity contribution is -0.121. The second-order valence-electron chi connectivity index (χ2n) is 17.1. The highest BCUT2D eigenvalue weighted by atomic mass is 16.6. The summed E-state index contributed by atoms with van der Waals surface area (Å²) in [5.41, 5.74) is 2.31. The lowest BCUT2D eigenvalue weighted by Gasteiger charge is -2.58. The maximum Gasteiger partial charge on any atom is 0.407 e. The Kier molecular flexibility index (Phi) is 14.3. The van der Waals surface area contributed by atoms with Crippen LogP contribution in [0.25, 0.3) is 0 Å². The summed E-state index contributed by atoms with van der Waals surface area (Å²) in [6.07, 6.45) is 18.0. The van der Waals surface area contributed by atoms with Gasteiger partial charge < -0.3 is 25.4 Å². The number of alkyl carbamates (subject to hydrolysis) is 1. The lowest BCUT2D eigenvalue weighted by Crippen LogP contribution is -2.51. The van der Waals surface area contributed by atoms with Crippen LogP contribution in [-0.4, -0.2) is 58.7 Å². The van der Waals surface area contributed by atoms with E-state index >= 15 is 0 Å². The minimum Gasteiger partial charge on any atom is -0.446 e. The lowest BCUT2D eigenvalue weighted by atomic mass is 9.47. The van der Waals surface area contributed by atoms with Gasteiger partial charge in [0.05, 0.1) is 18.8 Å². The van der Waals surface area contributed by atoms with Crippen molar-refractivity contribution in [1.82, 2.24) is 5.32 Å². The quantitative estimate of drug-likeness (QED) is 0.0872. The van der Waals surface area contributed by atoms with Crippen molar-refractivity contribution in [3.05, 3.63) is 11.6 Å². The molecule has 1 amide bonds. The van der Waals surface area contributed by atoms with Crippen LogP contribution in [0.4, 0.5) is 4.79 Å². The van der Waals surface area contributed by atoms with Gasteiger partial charge in [-0.25, -0.2) is 4.79 Å². The highest BCUT2D eigenvalue weighted by molar-refractivity contribution is 5.78. The molecule has 3 saturated carbocycles. The number of ketones is 1. The maximum atomic E-state index is 12.6. The van der Waals surface area contributed by atoms with E-state index in [2.05, 4.69) is 46.0 Å². The molecule has 4 N–H and O–H groups in total. The van der Waals surface area contributed by atoms with Gasteiger partial charge in [0.25, 0.3) is 0 Å². The molecule has 0 aromatic heterocycles. The molecule has 4 aliphatic rings. The summed E-state index contributed by atoms with van der Waals surface area (Å²) in [6.45, 7) is 12.6. The third-order valence-corrected chi connectivity index (χ3v) is 13.4. The van der Waals surface area contributed by atoms with Gasteiger partial charge in [-0.1, -0.05) is 78.4 Å². The predicted molar refractivity (Wildman–Crippen MR) is 188 cm³/mol. The topological polar surface area (TPSA) is 116 Å². The van der Waals surface area contributed by atoms with Crippen molar-refractivity contribution in [3.63, 3.8) is 0 Å². The van der Waals surface area contributed by atoms with E-state index in [-0.39, 0.29) is 36.2 Å². The van der Waals surface area contributed by atoms with Gasteiger partial charge in [0.1, 0.15) is 11.9 Å². The average molecular weight is 660 g/mol. The number of fused-ring (bicyclic) bond motifs is 5. The second kappa shape index (κ2) is 17.5. The molecule has 7 nitrogen and oxygen atoms in total. The molecule has 0 radical (unpaired) electrons. The Morgan fingerprint density at radius 2 is 1.70 bits per heavy atom. The molecule has 10 atom stereocenters. The monoisotopic (exact) mass is 660 g/mol. The number of carbonyl (C=O) groups excluding carboxylic acids is 2. The smallest absolute Gasteiger partial charge is 0.407 e. The second-order valence-corrected chi connectivity index (χ2v) is 17.1. The standard InChI is InChI=1S/C40H69NO6/c1-27(2)11-10-12-28(3)35-16-17-36-34-15-14-29-23-33(18-20-39(29,4)37(34)19-21-40(35,36)5)47-38(46)41-22-9-7-6-8-13-30(43)24-31(44)25-32(45)26-42/h14,27-28,31-37,42,44-45H,6-13,15-26H2,1-5H3,(H,41,46)/t28-,31+,32+,33+,34+,35-,36+,37+,39+,40-/m1/s1. The molecule has 0 bridgehead atoms. The number of ether oxygens (including phenoxy) is 1. The summed E-state index contributed by atoms with van der Waals surface area (Å²) < 4.78 is 5.93. The Labute approximate surface area is 286 Å². The van der Waals surface area contributed by atoms with E-state index < -0.39 is 18.8 Å². The van der Waals surface area contributed by atoms with Crippen LogP contribution in [0, 0.1) is 46.3 Å². The van der Waals surface area contributed by atoms with Crippen LogP contribution in [0.2, 0.25) is 0 Å². The van der Waals surface area contributed by atoms with E-state index in [4.69, 9.17) is 9.84 Å². The number of unbranched alkanes of at least 4 members (excludes halogenated alkanes) is 3. The summed E-state index contributed by atoms with van der Waals surface area (Å²) in [6, 6.07) is 0. The van der Waals surface area contributed by atoms with Crippen molar-refractivity contribution in [1.29, 1.82) is 0 Å². The Bertz CT molecular complexity index is 1040. The van der Waals surface area contributed by atoms with Gasteiger partial charge in [-0.2, -0.15) is 0 Å². The van der Waals surface area contributed by atoms with Crippen molar-refractivity contribution in [2.24, 2.45) is 46.3 Å². The molecule has 0 spiro atoms. The summed E-state index contributed by atoms with van der Waals surface area (Å²) in [7, 11) is 0. The van der Waals surface area contributed by atoms with Crippen LogP contribution in [0.3, 0.4) is 0 Å². The molecular weight excluding hydrogens is 590 g/mol. The average Bonchev–Trinajstić information content (AvgIpc) is 3.37. The van der Waals surface area contributed by atoms with Crippen molar-refractivity contribution < 1.29 is 29.6 Å². The minimum atomic E-state index is -0.987. The fraction of sp³-hybridized carbons (Fsp3) is 0.900. The summed E-state index contributed by atoms with van der Waals surface area (Å²) in [5.74, 6) is 4.95. The molecule has 0 aliphatic heterocycles. The van der Waals surface area contributed by atoms with E-state index in [9.17, 15) is 19.8 Å². The molecule has 0 aromatic rings. The number of allylic oxidation sites excluding steroid dienone is 1. The number of aliphatic hydroxyl groups excluding tert-OH is 3. The van der Waals surface area contributed by atoms with E-state index in [0.717, 1.165) is 80.5 Å². The van der Waals surface area contributed by atoms with E-state index in [1.54, 1.807) is 5.57 Å². The molecule has 4 aliphatic carbocycles. The van der Waals surface area contributed by atoms with Gasteiger partial charge in [-0.15, -0.1) is 0 Å². The molecule has 4 rings (SSSR count). The molecule has 0 aromatic carbocycles. The fourth-order valence-electron chi connectivity index (χ4n) is 10.8. The van der Waals surface area contributed by atoms with Crippen LogP contribution in [-0.2, 0) is 9.53 Å². The highest BCUT2D eigenvalue weighted by Gasteiger charge is 2.59. The largest absolute Gasteiger partial charge is 0.446 e. The summed E-state index contributed by atoms with van der Waals surface area (Å²) >= 11 is 0. The Morgan fingerprint density at radius 3 is 2.45 bits per heavy atom. The number of Topliss-reactive ketones (excluding diaryl/α,β-unsaturated/α-hetero) is 1. The van der Waals surface area contributed by atoms with Crippen molar-refractivity contribution >= 4 is 11.9 Å². The third kappa shape index (κ3) is 9.84. The van der Waals surface area contributed by atoms with Gasteiger partial charge in [-0.3, -0.25) is 4.79 Å². The number of hydrogen-bond acceptors (Lipinski definition) is 6. The van der Waals surface area contributed by atoms with Crippen molar-refractivity contribution in [2.45, 2.75) is 169 Å². The first-order valence-electron chi connectivity index (χ1n) is 19.5. The van der Waals surface area contributed by atoms with Crippen LogP contribution < -0.4 is 5.32 Å². The Hall–Kier alpha value is -1.44. The van der Waals surface area contributed by atoms with Crippen LogP contribution in [0.15, 0.2) is 11.6 Å². The molecule has 0 saturated heterocycles. The zero-order valence-electron chi connectivity index (χ0n) is 30.5. The number of aliphatic hydroxyl groups is 3. The van der Waals surface area contributed by atoms with Gasteiger partial charge in [0.2, 0.25) is 0 Å². The first-order valence-corrected chi connectivity index (χ1v) is 19.5. The molecular formula is C40H69NO6. The normalized spacial score (nSPS) is 33.6. The SMILES string of the molecule is CC(C)CCC[C@@H](C)[C@H]1CC[C@H]2[C@@H]3CC=C4C[C@@H](OC(=O)NCCCCCCC(=O)C[C@H](O)C[C@H](O)CO)CC[C@]4(C)[C@H]3CC[C@]12C. The Morgan fingerprint density at radius 1 is 0.936 bits per heavy atom. The number of carbonyl (C=O) groups is 2. The third-order valence-electron chi connectivity index (χ3n) is 13.4. The summed E-state index contributed by atoms with van der Waals surface area (Å²) in [5, 5.41) is 31.0. The van der Waals surface area contributed by atoms with Crippen molar-refractivity contribution in [3.8, 4) is 0 Å². The zero-order valence-corrected chi connectivity index (χ0v) is 30.5. The van der Waals surface area contributed by atoms with Gasteiger partial charge in [0.15, 0.2) is 0 Å². The van der Waals surface area contributed by atoms with E-state index in [1.165, 1.54) is 51.4 Å². The van der Waals surface area contributed by atoms with Gasteiger partial charge in [0, 0.05) is 32.2 Å². The van der Waals surface area contributed by atoms with E-state index in [0.29, 0.717) is 18.4 Å². The van der Waals surface area contributed by atoms with Gasteiger partial charge >= 0.3 is 6.09 Å². The molecule has 47 heavy (non-hydrogen) atoms. The summed E-state index contributed by atoms with van der Waals surface area (Å²) in [4.78, 5) is 24.7. The van der Waals surface area contributed by atoms with Crippen LogP contribution >= 0.6 is 0 Å². The van der Waals surface area contributed by atoms with Crippen molar-refractivity contribution in [2.75, 3.05) is 13.2 Å². The molecule has 3 fully saturated rings. The van der Waals surface area contributed by atoms with Crippen LogP contribution in [0.1, 0.15) is 150 Å². The predicted octanol–water partition coefficient (Wildman–Crippen LogP) is 8.14. The minimum absolute atomic E-state index is 0.0153. The first kappa shape index (κ1) is 38.4. The maximum absolute atomic E-state index is 12.6. The zero-order chi connectivity index (χ0) is 34.2. The van der Waals surface area contributed by atoms with Gasteiger partial charge in [-0.05, 0) is 104 Å². The Balaban J connectivity index is 1.15. The number of hydrogen-bond donors (Lipinski definition) is 4. The first-order chi connectivity index (χ1) is 22.4.